The van der Waals surface area contributed by atoms with E-state index in [0.29, 0.717) is 18.1 Å². The Labute approximate surface area is 214 Å². The van der Waals surface area contributed by atoms with Crippen LogP contribution in [-0.4, -0.2) is 50.9 Å². The van der Waals surface area contributed by atoms with Crippen molar-refractivity contribution in [3.63, 3.8) is 0 Å². The van der Waals surface area contributed by atoms with Gasteiger partial charge < -0.3 is 14.2 Å². The Kier molecular flexibility index (Phi) is 7.33. The zero-order valence-electron chi connectivity index (χ0n) is 20.9. The van der Waals surface area contributed by atoms with Crippen LogP contribution in [0.25, 0.3) is 0 Å². The van der Waals surface area contributed by atoms with Crippen LogP contribution in [0, 0.1) is 5.41 Å². The first-order valence-corrected chi connectivity index (χ1v) is 16.7. The molecule has 0 N–H and O–H groups in total. The van der Waals surface area contributed by atoms with Crippen molar-refractivity contribution in [3.8, 4) is 0 Å². The molecule has 3 fully saturated rings. The van der Waals surface area contributed by atoms with Gasteiger partial charge in [0, 0.05) is 36.3 Å². The fourth-order valence-corrected chi connectivity index (χ4v) is 7.93. The molecule has 1 saturated carbocycles. The number of benzene rings is 1. The summed E-state index contributed by atoms with van der Waals surface area (Å²) in [6.45, 7) is 14.3. The van der Waals surface area contributed by atoms with Gasteiger partial charge in [0.2, 0.25) is 5.91 Å². The predicted molar refractivity (Wildman–Crippen MR) is 144 cm³/mol. The molecule has 1 aliphatic carbocycles. The summed E-state index contributed by atoms with van der Waals surface area (Å²) in [5.74, 6) is 0.384. The molecule has 2 saturated heterocycles. The van der Waals surface area contributed by atoms with Crippen LogP contribution in [-0.2, 0) is 9.22 Å². The van der Waals surface area contributed by atoms with Crippen LogP contribution in [0.1, 0.15) is 65.7 Å². The number of nitrogens with zero attached hydrogens (tertiary/aromatic N) is 2. The first-order chi connectivity index (χ1) is 15.4. The number of piperidine rings is 1. The molecule has 1 spiro atoms. The van der Waals surface area contributed by atoms with E-state index in [1.165, 1.54) is 0 Å². The number of anilines is 1. The Morgan fingerprint density at radius 2 is 1.82 bits per heavy atom. The van der Waals surface area contributed by atoms with E-state index in [1.54, 1.807) is 0 Å². The highest BCUT2D eigenvalue weighted by Gasteiger charge is 2.51. The van der Waals surface area contributed by atoms with Gasteiger partial charge in [-0.2, -0.15) is 0 Å². The Morgan fingerprint density at radius 1 is 1.12 bits per heavy atom. The van der Waals surface area contributed by atoms with Gasteiger partial charge >= 0.3 is 0 Å². The largest absolute Gasteiger partial charge is 0.414 e. The molecule has 1 atom stereocenters. The number of carbonyl (C=O) groups excluding carboxylic acids is 1. The third kappa shape index (κ3) is 5.19. The predicted octanol–water partition coefficient (Wildman–Crippen LogP) is 7.25. The van der Waals surface area contributed by atoms with Crippen molar-refractivity contribution in [1.82, 2.24) is 4.90 Å². The van der Waals surface area contributed by atoms with E-state index in [0.717, 1.165) is 79.8 Å². The molecule has 2 aliphatic heterocycles. The third-order valence-corrected chi connectivity index (χ3v) is 14.1. The van der Waals surface area contributed by atoms with Crippen molar-refractivity contribution in [3.05, 3.63) is 27.7 Å². The van der Waals surface area contributed by atoms with E-state index in [1.807, 2.05) is 12.1 Å². The van der Waals surface area contributed by atoms with Gasteiger partial charge in [0.25, 0.3) is 0 Å². The van der Waals surface area contributed by atoms with Crippen molar-refractivity contribution >= 4 is 47.4 Å². The molecule has 0 unspecified atom stereocenters. The lowest BCUT2D eigenvalue weighted by Crippen LogP contribution is -2.50. The molecule has 184 valence electrons. The van der Waals surface area contributed by atoms with Crippen LogP contribution in [0.5, 0.6) is 0 Å². The molecule has 3 aliphatic rings. The van der Waals surface area contributed by atoms with Gasteiger partial charge in [-0.25, -0.2) is 0 Å². The topological polar surface area (TPSA) is 32.8 Å². The summed E-state index contributed by atoms with van der Waals surface area (Å²) in [5.41, 5.74) is 0.803. The molecule has 33 heavy (non-hydrogen) atoms. The number of amides is 1. The number of likely N-dealkylation sites (tertiary alicyclic amines) is 1. The average Bonchev–Trinajstić information content (AvgIpc) is 3.03. The summed E-state index contributed by atoms with van der Waals surface area (Å²) in [6.07, 6.45) is 7.67. The zero-order valence-corrected chi connectivity index (χ0v) is 24.3. The monoisotopic (exact) mass is 554 g/mol. The quantitative estimate of drug-likeness (QED) is 0.367. The van der Waals surface area contributed by atoms with Crippen molar-refractivity contribution in [2.75, 3.05) is 24.5 Å². The summed E-state index contributed by atoms with van der Waals surface area (Å²) in [5, 5.41) is 0.995. The highest BCUT2D eigenvalue weighted by atomic mass is 79.9. The highest BCUT2D eigenvalue weighted by molar-refractivity contribution is 9.10. The Balaban J connectivity index is 1.38. The van der Waals surface area contributed by atoms with Gasteiger partial charge in [-0.1, -0.05) is 48.3 Å². The first-order valence-electron chi connectivity index (χ1n) is 12.6. The molecular weight excluding hydrogens is 516 g/mol. The summed E-state index contributed by atoms with van der Waals surface area (Å²) in [6, 6.07) is 6.44. The molecule has 0 bridgehead atoms. The molecule has 1 amide bonds. The molecule has 7 heteroatoms. The van der Waals surface area contributed by atoms with Crippen LogP contribution in [0.2, 0.25) is 23.2 Å². The van der Waals surface area contributed by atoms with E-state index >= 15 is 0 Å². The second-order valence-corrected chi connectivity index (χ2v) is 18.0. The number of hydrogen-bond donors (Lipinski definition) is 0. The molecular formula is C26H40BrClN2O2Si. The fraction of sp³-hybridized carbons (Fsp3) is 0.731. The lowest BCUT2D eigenvalue weighted by molar-refractivity contribution is -0.139. The summed E-state index contributed by atoms with van der Waals surface area (Å²) >= 11 is 10.1. The second-order valence-electron chi connectivity index (χ2n) is 12.0. The smallest absolute Gasteiger partial charge is 0.230 e. The third-order valence-electron chi connectivity index (χ3n) is 8.73. The van der Waals surface area contributed by atoms with Crippen molar-refractivity contribution < 1.29 is 9.22 Å². The maximum Gasteiger partial charge on any atom is 0.230 e. The van der Waals surface area contributed by atoms with Gasteiger partial charge in [-0.3, -0.25) is 4.79 Å². The summed E-state index contributed by atoms with van der Waals surface area (Å²) < 4.78 is 7.67. The molecule has 0 aromatic heterocycles. The van der Waals surface area contributed by atoms with E-state index in [4.69, 9.17) is 16.0 Å². The van der Waals surface area contributed by atoms with Crippen LogP contribution in [0.4, 0.5) is 5.69 Å². The van der Waals surface area contributed by atoms with Crippen LogP contribution >= 0.6 is 27.5 Å². The lowest BCUT2D eigenvalue weighted by Gasteiger charge is -2.43. The van der Waals surface area contributed by atoms with Crippen molar-refractivity contribution in [1.29, 1.82) is 0 Å². The summed E-state index contributed by atoms with van der Waals surface area (Å²) in [7, 11) is -1.74. The molecule has 4 nitrogen and oxygen atoms in total. The second kappa shape index (κ2) is 9.48. The Morgan fingerprint density at radius 3 is 2.45 bits per heavy atom. The minimum Gasteiger partial charge on any atom is -0.414 e. The number of carbonyl (C=O) groups is 1. The van der Waals surface area contributed by atoms with Crippen molar-refractivity contribution in [2.24, 2.45) is 5.41 Å². The van der Waals surface area contributed by atoms with Crippen LogP contribution in [0.3, 0.4) is 0 Å². The van der Waals surface area contributed by atoms with Gasteiger partial charge in [0.05, 0.1) is 16.1 Å². The van der Waals surface area contributed by atoms with Crippen LogP contribution in [0.15, 0.2) is 22.7 Å². The molecule has 0 radical (unpaired) electrons. The lowest BCUT2D eigenvalue weighted by atomic mass is 9.78. The van der Waals surface area contributed by atoms with Gasteiger partial charge in [-0.05, 0) is 81.3 Å². The SMILES string of the molecule is CC(C)(C)[Si](C)(C)OC1CCC(N2CC[C@]3(CCCN(c4ccc(Br)cc4Cl)C3)C2=O)CC1. The van der Waals surface area contributed by atoms with E-state index in [9.17, 15) is 4.79 Å². The minimum absolute atomic E-state index is 0.242. The fourth-order valence-electron chi connectivity index (χ4n) is 5.72. The average molecular weight is 556 g/mol. The van der Waals surface area contributed by atoms with E-state index in [-0.39, 0.29) is 10.5 Å². The van der Waals surface area contributed by atoms with Gasteiger partial charge in [0.1, 0.15) is 0 Å². The van der Waals surface area contributed by atoms with Crippen molar-refractivity contribution in [2.45, 2.75) is 96.0 Å². The number of hydrogen-bond acceptors (Lipinski definition) is 3. The van der Waals surface area contributed by atoms with E-state index < -0.39 is 8.32 Å². The standard InChI is InChI=1S/C26H40BrClN2O2Si/c1-25(2,3)33(4,5)32-21-10-8-20(9-11-21)30-16-14-26(24(30)31)13-6-15-29(18-26)23-12-7-19(27)17-22(23)28/h7,12,17,20-21H,6,8-11,13-16,18H2,1-5H3/t20?,21?,26-/m0/s1. The van der Waals surface area contributed by atoms with Gasteiger partial charge in [0.15, 0.2) is 8.32 Å². The molecule has 1 aromatic carbocycles. The first kappa shape index (κ1) is 25.5. The Hall–Kier alpha value is -0.563. The molecule has 2 heterocycles. The highest BCUT2D eigenvalue weighted by Crippen LogP contribution is 2.45. The maximum atomic E-state index is 13.8. The van der Waals surface area contributed by atoms with Gasteiger partial charge in [-0.15, -0.1) is 0 Å². The molecule has 1 aromatic rings. The number of halogens is 2. The Bertz CT molecular complexity index is 882. The summed E-state index contributed by atoms with van der Waals surface area (Å²) in [4.78, 5) is 18.3. The van der Waals surface area contributed by atoms with Crippen LogP contribution < -0.4 is 4.90 Å². The molecule has 4 rings (SSSR count). The normalized spacial score (nSPS) is 29.2. The minimum atomic E-state index is -1.74. The number of rotatable bonds is 4. The maximum absolute atomic E-state index is 13.8. The zero-order chi connectivity index (χ0) is 24.0. The van der Waals surface area contributed by atoms with E-state index in [2.05, 4.69) is 65.7 Å².